The monoisotopic (exact) mass is 139 g/mol. The third kappa shape index (κ3) is 1.15. The van der Waals surface area contributed by atoms with E-state index in [1.54, 1.807) is 26.4 Å². The Balaban J connectivity index is 2.96. The van der Waals surface area contributed by atoms with Crippen molar-refractivity contribution in [2.45, 2.75) is 0 Å². The topological polar surface area (TPSA) is 47.0 Å². The summed E-state index contributed by atoms with van der Waals surface area (Å²) in [6, 6.07) is 1.80. The van der Waals surface area contributed by atoms with Crippen LogP contribution in [0.2, 0.25) is 0 Å². The summed E-state index contributed by atoms with van der Waals surface area (Å²) >= 11 is 0. The highest BCUT2D eigenvalue weighted by Crippen LogP contribution is 2.16. The molecule has 0 bridgehead atoms. The molecule has 0 amide bonds. The van der Waals surface area contributed by atoms with E-state index in [4.69, 9.17) is 4.74 Å². The number of nitrogens with one attached hydrogen (secondary N) is 1. The summed E-state index contributed by atoms with van der Waals surface area (Å²) in [6.07, 6.45) is 1.61. The van der Waals surface area contributed by atoms with Crippen LogP contribution in [0.25, 0.3) is 0 Å². The molecule has 0 aliphatic heterocycles. The molecule has 0 saturated carbocycles. The first-order chi connectivity index (χ1) is 4.88. The smallest absolute Gasteiger partial charge is 0.256 e. The fourth-order valence-electron chi connectivity index (χ4n) is 0.660. The van der Waals surface area contributed by atoms with Gasteiger partial charge in [-0.3, -0.25) is 0 Å². The molecule has 0 radical (unpaired) electrons. The molecule has 0 aliphatic carbocycles. The zero-order valence-corrected chi connectivity index (χ0v) is 5.96. The van der Waals surface area contributed by atoms with Crippen LogP contribution in [0.3, 0.4) is 0 Å². The maximum Gasteiger partial charge on any atom is 0.256 e. The molecular formula is C6H9N3O. The molecule has 1 aromatic rings. The molecule has 4 heteroatoms. The zero-order chi connectivity index (χ0) is 7.40. The first-order valence-electron chi connectivity index (χ1n) is 2.92. The maximum absolute atomic E-state index is 4.90. The molecule has 0 saturated heterocycles. The van der Waals surface area contributed by atoms with E-state index >= 15 is 0 Å². The van der Waals surface area contributed by atoms with E-state index < -0.39 is 0 Å². The van der Waals surface area contributed by atoms with Crippen LogP contribution in [-0.4, -0.2) is 24.4 Å². The molecule has 1 rings (SSSR count). The number of anilines is 1. The average Bonchev–Trinajstić information content (AvgIpc) is 2.04. The Labute approximate surface area is 59.2 Å². The van der Waals surface area contributed by atoms with Crippen LogP contribution in [0.4, 0.5) is 5.69 Å². The lowest BCUT2D eigenvalue weighted by atomic mass is 10.4. The van der Waals surface area contributed by atoms with Gasteiger partial charge in [-0.05, 0) is 6.07 Å². The first kappa shape index (κ1) is 6.80. The van der Waals surface area contributed by atoms with Gasteiger partial charge in [0.05, 0.1) is 13.3 Å². The standard InChI is InChI=1S/C6H9N3O/c1-7-5-3-4-8-9-6(5)10-2/h3-4H,1-2H3,(H,7,8). The molecule has 1 heterocycles. The Bertz CT molecular complexity index is 191. The second kappa shape index (κ2) is 3.00. The Morgan fingerprint density at radius 2 is 2.40 bits per heavy atom. The van der Waals surface area contributed by atoms with Crippen LogP contribution in [0, 0.1) is 0 Å². The van der Waals surface area contributed by atoms with Gasteiger partial charge in [0.15, 0.2) is 0 Å². The Morgan fingerprint density at radius 1 is 1.60 bits per heavy atom. The van der Waals surface area contributed by atoms with Gasteiger partial charge in [0.2, 0.25) is 0 Å². The fraction of sp³-hybridized carbons (Fsp3) is 0.333. The van der Waals surface area contributed by atoms with Crippen molar-refractivity contribution in [3.8, 4) is 5.88 Å². The van der Waals surface area contributed by atoms with Crippen molar-refractivity contribution in [1.29, 1.82) is 0 Å². The third-order valence-electron chi connectivity index (χ3n) is 1.15. The molecule has 10 heavy (non-hydrogen) atoms. The van der Waals surface area contributed by atoms with Crippen LogP contribution in [-0.2, 0) is 0 Å². The fourth-order valence-corrected chi connectivity index (χ4v) is 0.660. The summed E-state index contributed by atoms with van der Waals surface area (Å²) in [6.45, 7) is 0. The van der Waals surface area contributed by atoms with Gasteiger partial charge < -0.3 is 10.1 Å². The highest BCUT2D eigenvalue weighted by Gasteiger charge is 1.98. The molecule has 0 unspecified atom stereocenters. The number of hydrogen-bond donors (Lipinski definition) is 1. The molecule has 0 aliphatic rings. The van der Waals surface area contributed by atoms with Gasteiger partial charge in [-0.25, -0.2) is 0 Å². The van der Waals surface area contributed by atoms with Crippen molar-refractivity contribution >= 4 is 5.69 Å². The van der Waals surface area contributed by atoms with E-state index in [0.29, 0.717) is 5.88 Å². The van der Waals surface area contributed by atoms with Gasteiger partial charge >= 0.3 is 0 Å². The molecule has 0 atom stereocenters. The van der Waals surface area contributed by atoms with E-state index in [9.17, 15) is 0 Å². The van der Waals surface area contributed by atoms with Gasteiger partial charge in [-0.2, -0.15) is 5.10 Å². The molecule has 1 aromatic heterocycles. The largest absolute Gasteiger partial charge is 0.478 e. The molecule has 0 spiro atoms. The summed E-state index contributed by atoms with van der Waals surface area (Å²) in [5, 5.41) is 10.3. The molecule has 0 fully saturated rings. The summed E-state index contributed by atoms with van der Waals surface area (Å²) in [5.41, 5.74) is 0.845. The van der Waals surface area contributed by atoms with Crippen LogP contribution < -0.4 is 10.1 Å². The second-order valence-corrected chi connectivity index (χ2v) is 1.70. The molecular weight excluding hydrogens is 130 g/mol. The Morgan fingerprint density at radius 3 is 2.90 bits per heavy atom. The lowest BCUT2D eigenvalue weighted by Gasteiger charge is -2.02. The lowest BCUT2D eigenvalue weighted by Crippen LogP contribution is -1.96. The van der Waals surface area contributed by atoms with Gasteiger partial charge in [-0.1, -0.05) is 0 Å². The second-order valence-electron chi connectivity index (χ2n) is 1.70. The van der Waals surface area contributed by atoms with E-state index in [2.05, 4.69) is 15.5 Å². The number of ether oxygens (including phenoxy) is 1. The summed E-state index contributed by atoms with van der Waals surface area (Å²) in [7, 11) is 3.37. The lowest BCUT2D eigenvalue weighted by molar-refractivity contribution is 0.394. The Hall–Kier alpha value is -1.32. The number of aromatic nitrogens is 2. The van der Waals surface area contributed by atoms with E-state index in [1.165, 1.54) is 0 Å². The zero-order valence-electron chi connectivity index (χ0n) is 5.96. The first-order valence-corrected chi connectivity index (χ1v) is 2.92. The summed E-state index contributed by atoms with van der Waals surface area (Å²) in [5.74, 6) is 0.519. The third-order valence-corrected chi connectivity index (χ3v) is 1.15. The van der Waals surface area contributed by atoms with Gasteiger partial charge in [0.25, 0.3) is 5.88 Å². The minimum Gasteiger partial charge on any atom is -0.478 e. The molecule has 1 N–H and O–H groups in total. The van der Waals surface area contributed by atoms with Gasteiger partial charge in [0.1, 0.15) is 5.69 Å². The van der Waals surface area contributed by atoms with E-state index in [1.807, 2.05) is 0 Å². The highest BCUT2D eigenvalue weighted by atomic mass is 16.5. The van der Waals surface area contributed by atoms with Crippen LogP contribution in [0.15, 0.2) is 12.3 Å². The average molecular weight is 139 g/mol. The van der Waals surface area contributed by atoms with E-state index in [-0.39, 0.29) is 0 Å². The van der Waals surface area contributed by atoms with Crippen LogP contribution >= 0.6 is 0 Å². The maximum atomic E-state index is 4.90. The molecule has 54 valence electrons. The van der Waals surface area contributed by atoms with Crippen molar-refractivity contribution in [3.05, 3.63) is 12.3 Å². The highest BCUT2D eigenvalue weighted by molar-refractivity contribution is 5.50. The summed E-state index contributed by atoms with van der Waals surface area (Å²) in [4.78, 5) is 0. The van der Waals surface area contributed by atoms with Crippen molar-refractivity contribution in [2.75, 3.05) is 19.5 Å². The predicted octanol–water partition coefficient (Wildman–Crippen LogP) is 0.527. The SMILES string of the molecule is CNc1ccnnc1OC. The minimum atomic E-state index is 0.519. The van der Waals surface area contributed by atoms with Gasteiger partial charge in [-0.15, -0.1) is 5.10 Å². The number of rotatable bonds is 2. The van der Waals surface area contributed by atoms with Crippen molar-refractivity contribution in [3.63, 3.8) is 0 Å². The number of methoxy groups -OCH3 is 1. The van der Waals surface area contributed by atoms with Crippen molar-refractivity contribution in [1.82, 2.24) is 10.2 Å². The molecule has 0 aromatic carbocycles. The number of nitrogens with zero attached hydrogens (tertiary/aromatic N) is 2. The molecule has 4 nitrogen and oxygen atoms in total. The quantitative estimate of drug-likeness (QED) is 0.649. The van der Waals surface area contributed by atoms with Crippen molar-refractivity contribution < 1.29 is 4.74 Å². The van der Waals surface area contributed by atoms with Crippen molar-refractivity contribution in [2.24, 2.45) is 0 Å². The van der Waals surface area contributed by atoms with E-state index in [0.717, 1.165) is 5.69 Å². The van der Waals surface area contributed by atoms with Crippen LogP contribution in [0.5, 0.6) is 5.88 Å². The minimum absolute atomic E-state index is 0.519. The Kier molecular flexibility index (Phi) is 2.04. The summed E-state index contributed by atoms with van der Waals surface area (Å²) < 4.78 is 4.90. The normalized spacial score (nSPS) is 9.00. The van der Waals surface area contributed by atoms with Gasteiger partial charge in [0, 0.05) is 7.05 Å². The number of hydrogen-bond acceptors (Lipinski definition) is 4. The van der Waals surface area contributed by atoms with Crippen LogP contribution in [0.1, 0.15) is 0 Å². The predicted molar refractivity (Wildman–Crippen MR) is 38.1 cm³/mol.